The topological polar surface area (TPSA) is 91.9 Å². The quantitative estimate of drug-likeness (QED) is 0.233. The SMILES string of the molecule is C=CC(=O)Nc1cccc(CC)c1Nc1n[nH]c2ccc(O[C@H](C)c3c(Cl)cncc3Cl)cc12. The fourth-order valence-electron chi connectivity index (χ4n) is 3.68. The predicted octanol–water partition coefficient (Wildman–Crippen LogP) is 6.84. The first-order valence-corrected chi connectivity index (χ1v) is 11.4. The molecule has 1 atom stereocenters. The fraction of sp³-hybridized carbons (Fsp3) is 0.160. The molecule has 0 spiro atoms. The lowest BCUT2D eigenvalue weighted by atomic mass is 10.1. The minimum Gasteiger partial charge on any atom is -0.486 e. The van der Waals surface area contributed by atoms with Gasteiger partial charge in [0.2, 0.25) is 5.91 Å². The van der Waals surface area contributed by atoms with Gasteiger partial charge in [0.05, 0.1) is 26.9 Å². The molecule has 0 aliphatic rings. The predicted molar refractivity (Wildman–Crippen MR) is 137 cm³/mol. The van der Waals surface area contributed by atoms with Gasteiger partial charge in [0.1, 0.15) is 11.9 Å². The number of nitrogens with one attached hydrogen (secondary N) is 3. The summed E-state index contributed by atoms with van der Waals surface area (Å²) >= 11 is 12.6. The Balaban J connectivity index is 1.67. The van der Waals surface area contributed by atoms with E-state index in [0.717, 1.165) is 28.6 Å². The van der Waals surface area contributed by atoms with Crippen LogP contribution >= 0.6 is 23.2 Å². The highest BCUT2D eigenvalue weighted by molar-refractivity contribution is 6.35. The van der Waals surface area contributed by atoms with Crippen molar-refractivity contribution in [2.45, 2.75) is 26.4 Å². The molecule has 7 nitrogen and oxygen atoms in total. The maximum Gasteiger partial charge on any atom is 0.247 e. The van der Waals surface area contributed by atoms with Gasteiger partial charge in [0.25, 0.3) is 0 Å². The van der Waals surface area contributed by atoms with Crippen LogP contribution in [0.3, 0.4) is 0 Å². The first-order valence-electron chi connectivity index (χ1n) is 10.7. The number of pyridine rings is 1. The van der Waals surface area contributed by atoms with Crippen LogP contribution in [-0.2, 0) is 11.2 Å². The van der Waals surface area contributed by atoms with Crippen LogP contribution in [0.2, 0.25) is 10.0 Å². The summed E-state index contributed by atoms with van der Waals surface area (Å²) in [5.41, 5.74) is 3.93. The second-order valence-corrected chi connectivity index (χ2v) is 8.38. The van der Waals surface area contributed by atoms with Crippen LogP contribution in [0.4, 0.5) is 17.2 Å². The molecule has 3 N–H and O–H groups in total. The Morgan fingerprint density at radius 1 is 1.24 bits per heavy atom. The molecule has 0 radical (unpaired) electrons. The van der Waals surface area contributed by atoms with Crippen LogP contribution < -0.4 is 15.4 Å². The summed E-state index contributed by atoms with van der Waals surface area (Å²) < 4.78 is 6.15. The van der Waals surface area contributed by atoms with Crippen molar-refractivity contribution < 1.29 is 9.53 Å². The summed E-state index contributed by atoms with van der Waals surface area (Å²) in [6.45, 7) is 7.45. The summed E-state index contributed by atoms with van der Waals surface area (Å²) in [6, 6.07) is 11.3. The van der Waals surface area contributed by atoms with E-state index in [4.69, 9.17) is 27.9 Å². The molecule has 4 rings (SSSR count). The monoisotopic (exact) mass is 495 g/mol. The molecule has 174 valence electrons. The number of hydrogen-bond donors (Lipinski definition) is 3. The number of anilines is 3. The van der Waals surface area contributed by atoms with E-state index in [1.807, 2.05) is 50.2 Å². The van der Waals surface area contributed by atoms with Gasteiger partial charge in [-0.3, -0.25) is 14.9 Å². The first-order chi connectivity index (χ1) is 16.4. The number of hydrogen-bond acceptors (Lipinski definition) is 5. The van der Waals surface area contributed by atoms with Crippen molar-refractivity contribution in [1.82, 2.24) is 15.2 Å². The second kappa shape index (κ2) is 10.2. The Morgan fingerprint density at radius 3 is 2.71 bits per heavy atom. The van der Waals surface area contributed by atoms with Gasteiger partial charge in [-0.05, 0) is 49.2 Å². The van der Waals surface area contributed by atoms with E-state index in [9.17, 15) is 4.79 Å². The van der Waals surface area contributed by atoms with Crippen molar-refractivity contribution in [3.8, 4) is 5.75 Å². The Kier molecular flexibility index (Phi) is 7.05. The fourth-order valence-corrected chi connectivity index (χ4v) is 4.36. The molecule has 34 heavy (non-hydrogen) atoms. The zero-order valence-electron chi connectivity index (χ0n) is 18.7. The number of ether oxygens (including phenoxy) is 1. The molecule has 0 aliphatic heterocycles. The molecule has 2 aromatic carbocycles. The van der Waals surface area contributed by atoms with Crippen molar-refractivity contribution in [2.75, 3.05) is 10.6 Å². The van der Waals surface area contributed by atoms with Gasteiger partial charge >= 0.3 is 0 Å². The highest BCUT2D eigenvalue weighted by Crippen LogP contribution is 2.36. The number of carbonyl (C=O) groups is 1. The van der Waals surface area contributed by atoms with E-state index in [1.165, 1.54) is 18.5 Å². The smallest absolute Gasteiger partial charge is 0.247 e. The van der Waals surface area contributed by atoms with Crippen LogP contribution in [-0.4, -0.2) is 21.1 Å². The van der Waals surface area contributed by atoms with Gasteiger partial charge in [0.15, 0.2) is 5.82 Å². The lowest BCUT2D eigenvalue weighted by Crippen LogP contribution is -2.10. The van der Waals surface area contributed by atoms with Crippen LogP contribution in [0.15, 0.2) is 61.4 Å². The average molecular weight is 496 g/mol. The molecule has 0 saturated carbocycles. The van der Waals surface area contributed by atoms with Crippen molar-refractivity contribution >= 4 is 57.2 Å². The second-order valence-electron chi connectivity index (χ2n) is 7.57. The largest absolute Gasteiger partial charge is 0.486 e. The number of aromatic nitrogens is 3. The van der Waals surface area contributed by atoms with Crippen LogP contribution in [0.1, 0.15) is 31.1 Å². The number of halogens is 2. The van der Waals surface area contributed by atoms with Crippen LogP contribution in [0.5, 0.6) is 5.75 Å². The number of rotatable bonds is 8. The zero-order valence-corrected chi connectivity index (χ0v) is 20.2. The van der Waals surface area contributed by atoms with Gasteiger partial charge in [-0.25, -0.2) is 0 Å². The van der Waals surface area contributed by atoms with Gasteiger partial charge < -0.3 is 15.4 Å². The number of fused-ring (bicyclic) bond motifs is 1. The minimum atomic E-state index is -0.398. The third-order valence-electron chi connectivity index (χ3n) is 5.36. The van der Waals surface area contributed by atoms with Gasteiger partial charge in [-0.2, -0.15) is 5.10 Å². The van der Waals surface area contributed by atoms with Gasteiger partial charge in [-0.15, -0.1) is 0 Å². The highest BCUT2D eigenvalue weighted by atomic mass is 35.5. The van der Waals surface area contributed by atoms with Crippen molar-refractivity contribution in [2.24, 2.45) is 0 Å². The van der Waals surface area contributed by atoms with Gasteiger partial charge in [-0.1, -0.05) is 48.8 Å². The number of H-pyrrole nitrogens is 1. The van der Waals surface area contributed by atoms with Gasteiger partial charge in [0, 0.05) is 23.3 Å². The number of aryl methyl sites for hydroxylation is 1. The Bertz CT molecular complexity index is 1350. The molecule has 0 aliphatic carbocycles. The van der Waals surface area contributed by atoms with E-state index in [-0.39, 0.29) is 5.91 Å². The third-order valence-corrected chi connectivity index (χ3v) is 5.96. The number of amides is 1. The minimum absolute atomic E-state index is 0.290. The molecule has 9 heteroatoms. The third kappa shape index (κ3) is 4.85. The van der Waals surface area contributed by atoms with Crippen molar-refractivity contribution in [3.05, 3.63) is 82.6 Å². The number of nitrogens with zero attached hydrogens (tertiary/aromatic N) is 2. The molecular weight excluding hydrogens is 473 g/mol. The number of para-hydroxylation sites is 1. The molecule has 1 amide bonds. The summed E-state index contributed by atoms with van der Waals surface area (Å²) in [6.07, 6.45) is 4.68. The lowest BCUT2D eigenvalue weighted by molar-refractivity contribution is -0.111. The highest BCUT2D eigenvalue weighted by Gasteiger charge is 2.18. The maximum atomic E-state index is 11.9. The van der Waals surface area contributed by atoms with E-state index < -0.39 is 6.10 Å². The number of carbonyl (C=O) groups excluding carboxylic acids is 1. The van der Waals surface area contributed by atoms with E-state index in [1.54, 1.807) is 0 Å². The van der Waals surface area contributed by atoms with Crippen molar-refractivity contribution in [3.63, 3.8) is 0 Å². The molecular formula is C25H23Cl2N5O2. The Morgan fingerprint density at radius 2 is 2.00 bits per heavy atom. The molecule has 0 bridgehead atoms. The summed E-state index contributed by atoms with van der Waals surface area (Å²) in [5, 5.41) is 15.4. The average Bonchev–Trinajstić information content (AvgIpc) is 3.22. The molecule has 0 saturated heterocycles. The normalized spacial score (nSPS) is 11.8. The summed E-state index contributed by atoms with van der Waals surface area (Å²) in [5.74, 6) is 0.932. The zero-order chi connectivity index (χ0) is 24.2. The standard InChI is InChI=1S/C25H23Cl2N5O2/c1-4-15-7-6-8-21(29-22(33)5-2)24(15)30-25-17-11-16(9-10-20(17)31-32-25)34-14(3)23-18(26)12-28-13-19(23)27/h5-14H,2,4H2,1,3H3,(H,29,33)(H2,30,31,32)/t14-/m1/s1. The molecule has 2 aromatic heterocycles. The molecule has 2 heterocycles. The maximum absolute atomic E-state index is 11.9. The first kappa shape index (κ1) is 23.6. The van der Waals surface area contributed by atoms with Crippen LogP contribution in [0, 0.1) is 0 Å². The van der Waals surface area contributed by atoms with Crippen LogP contribution in [0.25, 0.3) is 10.9 Å². The molecule has 0 unspecified atom stereocenters. The molecule has 4 aromatic rings. The number of benzene rings is 2. The van der Waals surface area contributed by atoms with E-state index in [2.05, 4.69) is 32.4 Å². The Hall–Kier alpha value is -3.55. The number of aromatic amines is 1. The summed E-state index contributed by atoms with van der Waals surface area (Å²) in [7, 11) is 0. The van der Waals surface area contributed by atoms with E-state index in [0.29, 0.717) is 32.9 Å². The molecule has 0 fully saturated rings. The lowest BCUT2D eigenvalue weighted by Gasteiger charge is -2.18. The Labute approximate surface area is 207 Å². The van der Waals surface area contributed by atoms with E-state index >= 15 is 0 Å². The summed E-state index contributed by atoms with van der Waals surface area (Å²) in [4.78, 5) is 15.9. The van der Waals surface area contributed by atoms with Crippen molar-refractivity contribution in [1.29, 1.82) is 0 Å².